The number of nitrogens with zero attached hydrogens (tertiary/aromatic N) is 4. The first-order valence-corrected chi connectivity index (χ1v) is 8.87. The van der Waals surface area contributed by atoms with Crippen molar-refractivity contribution in [1.29, 1.82) is 0 Å². The molecule has 0 atom stereocenters. The highest BCUT2D eigenvalue weighted by molar-refractivity contribution is 6.32. The Morgan fingerprint density at radius 2 is 2.00 bits per heavy atom. The zero-order valence-corrected chi connectivity index (χ0v) is 15.2. The fraction of sp³-hybridized carbons (Fsp3) is 0.471. The van der Waals surface area contributed by atoms with Crippen molar-refractivity contribution in [2.75, 3.05) is 11.4 Å². The third-order valence-corrected chi connectivity index (χ3v) is 4.63. The minimum absolute atomic E-state index is 0.0552. The average Bonchev–Trinajstić information content (AvgIpc) is 3.38. The second-order valence-electron chi connectivity index (χ2n) is 6.61. The van der Waals surface area contributed by atoms with Gasteiger partial charge in [0.1, 0.15) is 5.69 Å². The van der Waals surface area contributed by atoms with Crippen molar-refractivity contribution in [3.63, 3.8) is 0 Å². The summed E-state index contributed by atoms with van der Waals surface area (Å²) in [4.78, 5) is 17.6. The Kier molecular flexibility index (Phi) is 5.60. The van der Waals surface area contributed by atoms with Gasteiger partial charge in [0.05, 0.1) is 18.1 Å². The molecule has 0 radical (unpaired) electrons. The van der Waals surface area contributed by atoms with Crippen LogP contribution in [0.2, 0.25) is 5.15 Å². The third kappa shape index (κ3) is 4.60. The molecule has 5 nitrogen and oxygen atoms in total. The molecule has 0 bridgehead atoms. The highest BCUT2D eigenvalue weighted by atomic mass is 35.5. The second-order valence-corrected chi connectivity index (χ2v) is 6.97. The van der Waals surface area contributed by atoms with Crippen molar-refractivity contribution in [2.45, 2.75) is 37.8 Å². The molecule has 1 aliphatic rings. The van der Waals surface area contributed by atoms with Gasteiger partial charge in [-0.3, -0.25) is 9.78 Å². The molecule has 1 saturated carbocycles. The molecule has 1 fully saturated rings. The van der Waals surface area contributed by atoms with Crippen LogP contribution in [-0.4, -0.2) is 39.3 Å². The van der Waals surface area contributed by atoms with E-state index < -0.39 is 30.8 Å². The number of anilines is 1. The standard InChI is InChI=1S/C17H16ClF5N4O/c18-15-13(10-27(25-15)12-2-1-7-24-8-12)26(9-11-3-4-11)14(28)5-6-16(19,20)17(21,22)23/h1-2,7-8,10-11H,3-6,9H2. The highest BCUT2D eigenvalue weighted by Gasteiger charge is 2.57. The Labute approximate surface area is 162 Å². The van der Waals surface area contributed by atoms with Crippen LogP contribution < -0.4 is 4.90 Å². The summed E-state index contributed by atoms with van der Waals surface area (Å²) in [7, 11) is 0. The number of carbonyl (C=O) groups is 1. The average molecular weight is 423 g/mol. The van der Waals surface area contributed by atoms with Crippen LogP contribution in [0.25, 0.3) is 5.69 Å². The number of aromatic nitrogens is 3. The maximum atomic E-state index is 13.2. The van der Waals surface area contributed by atoms with Crippen molar-refractivity contribution < 1.29 is 26.7 Å². The number of halogens is 6. The Morgan fingerprint density at radius 3 is 2.57 bits per heavy atom. The fourth-order valence-electron chi connectivity index (χ4n) is 2.58. The van der Waals surface area contributed by atoms with Gasteiger partial charge in [-0.1, -0.05) is 11.6 Å². The topological polar surface area (TPSA) is 51.0 Å². The van der Waals surface area contributed by atoms with E-state index in [2.05, 4.69) is 10.1 Å². The van der Waals surface area contributed by atoms with Gasteiger partial charge in [-0.2, -0.15) is 27.1 Å². The maximum Gasteiger partial charge on any atom is 0.453 e. The van der Waals surface area contributed by atoms with Crippen molar-refractivity contribution in [3.05, 3.63) is 35.9 Å². The molecule has 0 aliphatic heterocycles. The zero-order valence-electron chi connectivity index (χ0n) is 14.5. The van der Waals surface area contributed by atoms with Crippen LogP contribution in [0.4, 0.5) is 27.6 Å². The lowest BCUT2D eigenvalue weighted by atomic mass is 10.1. The van der Waals surface area contributed by atoms with Crippen LogP contribution in [0.15, 0.2) is 30.7 Å². The van der Waals surface area contributed by atoms with Gasteiger partial charge in [-0.25, -0.2) is 4.68 Å². The summed E-state index contributed by atoms with van der Waals surface area (Å²) in [6.45, 7) is 0.189. The lowest BCUT2D eigenvalue weighted by molar-refractivity contribution is -0.284. The Morgan fingerprint density at radius 1 is 1.29 bits per heavy atom. The molecule has 0 N–H and O–H groups in total. The summed E-state index contributed by atoms with van der Waals surface area (Å²) in [5.74, 6) is -5.63. The van der Waals surface area contributed by atoms with Crippen LogP contribution in [-0.2, 0) is 4.79 Å². The number of hydrogen-bond donors (Lipinski definition) is 0. The lowest BCUT2D eigenvalue weighted by Gasteiger charge is -2.24. The summed E-state index contributed by atoms with van der Waals surface area (Å²) in [5, 5.41) is 4.02. The van der Waals surface area contributed by atoms with Crippen LogP contribution in [0, 0.1) is 5.92 Å². The summed E-state index contributed by atoms with van der Waals surface area (Å²) < 4.78 is 64.8. The molecule has 2 heterocycles. The number of amides is 1. The molecule has 1 aliphatic carbocycles. The first kappa shape index (κ1) is 20.5. The van der Waals surface area contributed by atoms with Gasteiger partial charge in [-0.05, 0) is 30.9 Å². The first-order valence-electron chi connectivity index (χ1n) is 8.49. The fourth-order valence-corrected chi connectivity index (χ4v) is 2.81. The Balaban J connectivity index is 1.81. The van der Waals surface area contributed by atoms with Gasteiger partial charge in [-0.15, -0.1) is 0 Å². The van der Waals surface area contributed by atoms with E-state index in [0.29, 0.717) is 5.69 Å². The normalized spacial score (nSPS) is 14.9. The van der Waals surface area contributed by atoms with Gasteiger partial charge in [0, 0.05) is 25.6 Å². The molecule has 3 rings (SSSR count). The predicted octanol–water partition coefficient (Wildman–Crippen LogP) is 4.64. The second kappa shape index (κ2) is 7.65. The Hall–Kier alpha value is -2.23. The van der Waals surface area contributed by atoms with Gasteiger partial charge >= 0.3 is 12.1 Å². The molecule has 0 spiro atoms. The monoisotopic (exact) mass is 422 g/mol. The van der Waals surface area contributed by atoms with E-state index in [4.69, 9.17) is 11.6 Å². The van der Waals surface area contributed by atoms with Crippen LogP contribution in [0.3, 0.4) is 0 Å². The van der Waals surface area contributed by atoms with E-state index in [9.17, 15) is 26.7 Å². The third-order valence-electron chi connectivity index (χ3n) is 4.36. The van der Waals surface area contributed by atoms with Gasteiger partial charge < -0.3 is 4.90 Å². The number of carbonyl (C=O) groups excluding carboxylic acids is 1. The summed E-state index contributed by atoms with van der Waals surface area (Å²) in [5.41, 5.74) is 0.718. The number of rotatable bonds is 7. The molecule has 11 heteroatoms. The summed E-state index contributed by atoms with van der Waals surface area (Å²) in [6.07, 6.45) is -2.10. The van der Waals surface area contributed by atoms with E-state index in [1.807, 2.05) is 0 Å². The minimum atomic E-state index is -5.70. The molecular weight excluding hydrogens is 407 g/mol. The highest BCUT2D eigenvalue weighted by Crippen LogP contribution is 2.40. The van der Waals surface area contributed by atoms with Gasteiger partial charge in [0.25, 0.3) is 0 Å². The first-order chi connectivity index (χ1) is 13.1. The summed E-state index contributed by atoms with van der Waals surface area (Å²) in [6, 6.07) is 3.36. The molecule has 1 amide bonds. The largest absolute Gasteiger partial charge is 0.453 e. The van der Waals surface area contributed by atoms with E-state index in [1.165, 1.54) is 17.1 Å². The molecule has 152 valence electrons. The number of alkyl halides is 5. The lowest BCUT2D eigenvalue weighted by Crippen LogP contribution is -2.39. The molecular formula is C17H16ClF5N4O. The smallest absolute Gasteiger partial charge is 0.308 e. The van der Waals surface area contributed by atoms with Gasteiger partial charge in [0.15, 0.2) is 5.15 Å². The van der Waals surface area contributed by atoms with Crippen molar-refractivity contribution >= 4 is 23.2 Å². The van der Waals surface area contributed by atoms with E-state index >= 15 is 0 Å². The molecule has 28 heavy (non-hydrogen) atoms. The summed E-state index contributed by atoms with van der Waals surface area (Å²) >= 11 is 6.13. The molecule has 2 aromatic rings. The maximum absolute atomic E-state index is 13.2. The van der Waals surface area contributed by atoms with Crippen LogP contribution in [0.5, 0.6) is 0 Å². The van der Waals surface area contributed by atoms with Crippen LogP contribution in [0.1, 0.15) is 25.7 Å². The zero-order chi connectivity index (χ0) is 20.5. The van der Waals surface area contributed by atoms with E-state index in [0.717, 1.165) is 17.7 Å². The van der Waals surface area contributed by atoms with E-state index in [1.54, 1.807) is 18.3 Å². The van der Waals surface area contributed by atoms with Crippen molar-refractivity contribution in [3.8, 4) is 5.69 Å². The van der Waals surface area contributed by atoms with Gasteiger partial charge in [0.2, 0.25) is 5.91 Å². The quantitative estimate of drug-likeness (QED) is 0.611. The molecule has 2 aromatic heterocycles. The molecule has 0 unspecified atom stereocenters. The minimum Gasteiger partial charge on any atom is -0.308 e. The number of pyridine rings is 1. The molecule has 0 aromatic carbocycles. The molecule has 0 saturated heterocycles. The van der Waals surface area contributed by atoms with Crippen molar-refractivity contribution in [1.82, 2.24) is 14.8 Å². The van der Waals surface area contributed by atoms with E-state index in [-0.39, 0.29) is 23.3 Å². The number of hydrogen-bond acceptors (Lipinski definition) is 3. The predicted molar refractivity (Wildman–Crippen MR) is 91.7 cm³/mol. The Bertz CT molecular complexity index is 836. The van der Waals surface area contributed by atoms with Crippen molar-refractivity contribution in [2.24, 2.45) is 5.92 Å². The SMILES string of the molecule is O=C(CCC(F)(F)C(F)(F)F)N(CC1CC1)c1cn(-c2cccnc2)nc1Cl. The van der Waals surface area contributed by atoms with Crippen LogP contribution >= 0.6 is 11.6 Å².